The molecular formula is C22H28ClN3O. The van der Waals surface area contributed by atoms with Gasteiger partial charge in [0.25, 0.3) is 5.91 Å². The number of carbonyl (C=O) groups excluding carboxylic acids is 1. The minimum absolute atomic E-state index is 0. The molecule has 5 heteroatoms. The third-order valence-corrected chi connectivity index (χ3v) is 5.80. The van der Waals surface area contributed by atoms with Crippen LogP contribution in [0.3, 0.4) is 0 Å². The summed E-state index contributed by atoms with van der Waals surface area (Å²) in [5, 5.41) is 2.98. The highest BCUT2D eigenvalue weighted by Crippen LogP contribution is 2.39. The quantitative estimate of drug-likeness (QED) is 0.836. The van der Waals surface area contributed by atoms with Crippen molar-refractivity contribution >= 4 is 24.0 Å². The molecule has 1 saturated carbocycles. The number of piperidine rings is 1. The standard InChI is InChI=1S/C22H27N3O.ClH/c1-25-12-10-16(11-13-25)15-2-4-18(5-3-15)22(26)24-19-8-6-17(7-9-19)20-14-21(20)23;/h2-9,16,20-21H,10-14,23H2,1H3,(H,24,26);1H/t20-,21+;/m0./s1. The number of carbonyl (C=O) groups is 1. The van der Waals surface area contributed by atoms with Crippen molar-refractivity contribution in [2.75, 3.05) is 25.5 Å². The number of nitrogens with zero attached hydrogens (tertiary/aromatic N) is 1. The van der Waals surface area contributed by atoms with Crippen LogP contribution in [0.2, 0.25) is 0 Å². The van der Waals surface area contributed by atoms with Gasteiger partial charge in [-0.2, -0.15) is 0 Å². The topological polar surface area (TPSA) is 58.4 Å². The molecule has 1 heterocycles. The second kappa shape index (κ2) is 8.42. The zero-order valence-corrected chi connectivity index (χ0v) is 16.5. The molecule has 3 N–H and O–H groups in total. The van der Waals surface area contributed by atoms with Crippen LogP contribution in [-0.2, 0) is 0 Å². The van der Waals surface area contributed by atoms with Crippen LogP contribution in [0.5, 0.6) is 0 Å². The Bertz CT molecular complexity index is 767. The van der Waals surface area contributed by atoms with Gasteiger partial charge in [0.1, 0.15) is 0 Å². The van der Waals surface area contributed by atoms with Crippen LogP contribution >= 0.6 is 12.4 Å². The molecule has 1 saturated heterocycles. The van der Waals surface area contributed by atoms with E-state index in [4.69, 9.17) is 5.73 Å². The second-order valence-corrected chi connectivity index (χ2v) is 7.78. The monoisotopic (exact) mass is 385 g/mol. The molecule has 4 rings (SSSR count). The van der Waals surface area contributed by atoms with Gasteiger partial charge < -0.3 is 16.0 Å². The predicted molar refractivity (Wildman–Crippen MR) is 113 cm³/mol. The van der Waals surface area contributed by atoms with Crippen molar-refractivity contribution in [1.82, 2.24) is 4.90 Å². The number of anilines is 1. The lowest BCUT2D eigenvalue weighted by Crippen LogP contribution is -2.29. The van der Waals surface area contributed by atoms with Crippen LogP contribution in [0.4, 0.5) is 5.69 Å². The molecule has 2 atom stereocenters. The Kier molecular flexibility index (Phi) is 6.20. The first-order chi connectivity index (χ1) is 12.6. The summed E-state index contributed by atoms with van der Waals surface area (Å²) >= 11 is 0. The normalized spacial score (nSPS) is 22.7. The van der Waals surface area contributed by atoms with Crippen LogP contribution in [0.15, 0.2) is 48.5 Å². The number of likely N-dealkylation sites (tertiary alicyclic amines) is 1. The molecule has 27 heavy (non-hydrogen) atoms. The van der Waals surface area contributed by atoms with E-state index in [9.17, 15) is 4.79 Å². The fourth-order valence-electron chi connectivity index (χ4n) is 3.86. The van der Waals surface area contributed by atoms with Gasteiger partial charge in [0.05, 0.1) is 0 Å². The summed E-state index contributed by atoms with van der Waals surface area (Å²) in [4.78, 5) is 14.9. The lowest BCUT2D eigenvalue weighted by molar-refractivity contribution is 0.102. The minimum atomic E-state index is -0.0594. The lowest BCUT2D eigenvalue weighted by Gasteiger charge is -2.29. The molecule has 1 aliphatic heterocycles. The first-order valence-electron chi connectivity index (χ1n) is 9.55. The van der Waals surface area contributed by atoms with E-state index in [-0.39, 0.29) is 18.3 Å². The van der Waals surface area contributed by atoms with Gasteiger partial charge in [0.15, 0.2) is 0 Å². The summed E-state index contributed by atoms with van der Waals surface area (Å²) in [5.41, 5.74) is 10.0. The number of nitrogens with one attached hydrogen (secondary N) is 1. The van der Waals surface area contributed by atoms with Gasteiger partial charge in [0, 0.05) is 23.2 Å². The minimum Gasteiger partial charge on any atom is -0.327 e. The Morgan fingerprint density at radius 3 is 2.11 bits per heavy atom. The molecule has 0 spiro atoms. The fourth-order valence-corrected chi connectivity index (χ4v) is 3.86. The van der Waals surface area contributed by atoms with E-state index in [2.05, 4.69) is 41.5 Å². The molecule has 0 aromatic heterocycles. The molecule has 2 aliphatic rings. The van der Waals surface area contributed by atoms with Crippen molar-refractivity contribution in [2.24, 2.45) is 5.73 Å². The van der Waals surface area contributed by atoms with Crippen molar-refractivity contribution in [3.8, 4) is 0 Å². The Morgan fingerprint density at radius 1 is 1.00 bits per heavy atom. The van der Waals surface area contributed by atoms with Gasteiger partial charge in [-0.3, -0.25) is 4.79 Å². The van der Waals surface area contributed by atoms with Crippen molar-refractivity contribution in [3.05, 3.63) is 65.2 Å². The summed E-state index contributed by atoms with van der Waals surface area (Å²) in [7, 11) is 2.18. The molecule has 1 amide bonds. The molecule has 2 aromatic carbocycles. The largest absolute Gasteiger partial charge is 0.327 e. The van der Waals surface area contributed by atoms with Crippen molar-refractivity contribution in [1.29, 1.82) is 0 Å². The molecule has 2 fully saturated rings. The molecule has 1 aliphatic carbocycles. The van der Waals surface area contributed by atoms with E-state index in [1.807, 2.05) is 24.3 Å². The Hall–Kier alpha value is -1.88. The van der Waals surface area contributed by atoms with E-state index < -0.39 is 0 Å². The molecule has 0 radical (unpaired) electrons. The highest BCUT2D eigenvalue weighted by molar-refractivity contribution is 6.04. The van der Waals surface area contributed by atoms with Crippen LogP contribution in [-0.4, -0.2) is 37.0 Å². The van der Waals surface area contributed by atoms with Crippen LogP contribution < -0.4 is 11.1 Å². The maximum atomic E-state index is 12.5. The predicted octanol–water partition coefficient (Wildman–Crippen LogP) is 3.98. The van der Waals surface area contributed by atoms with E-state index in [0.717, 1.165) is 25.2 Å². The Morgan fingerprint density at radius 2 is 1.56 bits per heavy atom. The van der Waals surface area contributed by atoms with Gasteiger partial charge in [0.2, 0.25) is 0 Å². The maximum absolute atomic E-state index is 12.5. The zero-order valence-electron chi connectivity index (χ0n) is 15.7. The van der Waals surface area contributed by atoms with Gasteiger partial charge in [-0.1, -0.05) is 24.3 Å². The second-order valence-electron chi connectivity index (χ2n) is 7.78. The summed E-state index contributed by atoms with van der Waals surface area (Å²) in [6.07, 6.45) is 3.45. The number of hydrogen-bond donors (Lipinski definition) is 2. The summed E-state index contributed by atoms with van der Waals surface area (Å²) in [5.74, 6) is 1.05. The van der Waals surface area contributed by atoms with Crippen LogP contribution in [0.1, 0.15) is 52.6 Å². The molecule has 144 valence electrons. The Balaban J connectivity index is 0.00000210. The van der Waals surface area contributed by atoms with Crippen molar-refractivity contribution in [2.45, 2.75) is 37.1 Å². The summed E-state index contributed by atoms with van der Waals surface area (Å²) < 4.78 is 0. The first kappa shape index (κ1) is 19.9. The number of amides is 1. The Labute approximate surface area is 167 Å². The molecule has 4 nitrogen and oxygen atoms in total. The van der Waals surface area contributed by atoms with E-state index >= 15 is 0 Å². The first-order valence-corrected chi connectivity index (χ1v) is 9.55. The number of nitrogens with two attached hydrogens (primary N) is 1. The average molecular weight is 386 g/mol. The fraction of sp³-hybridized carbons (Fsp3) is 0.409. The molecule has 2 aromatic rings. The van der Waals surface area contributed by atoms with Gasteiger partial charge in [-0.25, -0.2) is 0 Å². The van der Waals surface area contributed by atoms with Gasteiger partial charge in [-0.05, 0) is 80.7 Å². The molecule has 0 bridgehead atoms. The third kappa shape index (κ3) is 4.70. The van der Waals surface area contributed by atoms with Gasteiger partial charge >= 0.3 is 0 Å². The lowest BCUT2D eigenvalue weighted by atomic mass is 9.89. The van der Waals surface area contributed by atoms with E-state index in [1.54, 1.807) is 0 Å². The number of rotatable bonds is 4. The van der Waals surface area contributed by atoms with Crippen molar-refractivity contribution in [3.63, 3.8) is 0 Å². The summed E-state index contributed by atoms with van der Waals surface area (Å²) in [6.45, 7) is 2.29. The number of hydrogen-bond acceptors (Lipinski definition) is 3. The highest BCUT2D eigenvalue weighted by Gasteiger charge is 2.34. The third-order valence-electron chi connectivity index (χ3n) is 5.80. The number of halogens is 1. The van der Waals surface area contributed by atoms with Crippen LogP contribution in [0.25, 0.3) is 0 Å². The SMILES string of the molecule is CN1CCC(c2ccc(C(=O)Nc3ccc([C@@H]4C[C@H]4N)cc3)cc2)CC1.Cl. The van der Waals surface area contributed by atoms with Gasteiger partial charge in [-0.15, -0.1) is 12.4 Å². The smallest absolute Gasteiger partial charge is 0.255 e. The zero-order chi connectivity index (χ0) is 18.1. The van der Waals surface area contributed by atoms with E-state index in [1.165, 1.54) is 24.0 Å². The summed E-state index contributed by atoms with van der Waals surface area (Å²) in [6, 6.07) is 16.5. The maximum Gasteiger partial charge on any atom is 0.255 e. The molecule has 0 unspecified atom stereocenters. The van der Waals surface area contributed by atoms with Crippen molar-refractivity contribution < 1.29 is 4.79 Å². The van der Waals surface area contributed by atoms with Crippen LogP contribution in [0, 0.1) is 0 Å². The van der Waals surface area contributed by atoms with E-state index in [0.29, 0.717) is 23.4 Å². The number of benzene rings is 2. The molecular weight excluding hydrogens is 358 g/mol. The highest BCUT2D eigenvalue weighted by atomic mass is 35.5. The average Bonchev–Trinajstić information content (AvgIpc) is 3.40.